The van der Waals surface area contributed by atoms with E-state index in [-0.39, 0.29) is 5.91 Å². The van der Waals surface area contributed by atoms with Crippen LogP contribution in [0.25, 0.3) is 10.9 Å². The first kappa shape index (κ1) is 15.3. The number of hydrogen-bond donors (Lipinski definition) is 2. The summed E-state index contributed by atoms with van der Waals surface area (Å²) in [4.78, 5) is 26.8. The van der Waals surface area contributed by atoms with Crippen molar-refractivity contribution in [3.63, 3.8) is 0 Å². The lowest BCUT2D eigenvalue weighted by Gasteiger charge is -2.33. The van der Waals surface area contributed by atoms with Gasteiger partial charge in [-0.1, -0.05) is 6.07 Å². The molecule has 2 heterocycles. The third-order valence-corrected chi connectivity index (χ3v) is 4.38. The molecule has 122 valence electrons. The first-order valence-corrected chi connectivity index (χ1v) is 7.79. The first-order chi connectivity index (χ1) is 11.0. The molecule has 1 aliphatic heterocycles. The Morgan fingerprint density at radius 3 is 2.61 bits per heavy atom. The summed E-state index contributed by atoms with van der Waals surface area (Å²) in [5.74, 6) is 0.124. The predicted molar refractivity (Wildman–Crippen MR) is 86.9 cm³/mol. The number of piperazine rings is 1. The minimum atomic E-state index is -0.416. The molecule has 0 aliphatic carbocycles. The van der Waals surface area contributed by atoms with Crippen molar-refractivity contribution in [2.24, 2.45) is 5.73 Å². The summed E-state index contributed by atoms with van der Waals surface area (Å²) in [7, 11) is 0. The fourth-order valence-corrected chi connectivity index (χ4v) is 3.04. The maximum Gasteiger partial charge on any atom is 0.314 e. The molecule has 0 atom stereocenters. The van der Waals surface area contributed by atoms with Crippen molar-refractivity contribution in [3.05, 3.63) is 29.5 Å². The highest BCUT2D eigenvalue weighted by Gasteiger charge is 2.22. The Labute approximate surface area is 134 Å². The summed E-state index contributed by atoms with van der Waals surface area (Å²) >= 11 is 0. The van der Waals surface area contributed by atoms with E-state index in [1.54, 1.807) is 11.1 Å². The van der Waals surface area contributed by atoms with Crippen LogP contribution in [0.3, 0.4) is 0 Å². The van der Waals surface area contributed by atoms with Gasteiger partial charge in [-0.15, -0.1) is 0 Å². The Balaban J connectivity index is 1.57. The van der Waals surface area contributed by atoms with Gasteiger partial charge in [0.2, 0.25) is 5.91 Å². The van der Waals surface area contributed by atoms with E-state index < -0.39 is 6.03 Å². The van der Waals surface area contributed by atoms with Crippen molar-refractivity contribution in [1.29, 1.82) is 0 Å². The largest absolute Gasteiger partial charge is 0.351 e. The number of aromatic amines is 1. The van der Waals surface area contributed by atoms with Crippen LogP contribution >= 0.6 is 0 Å². The lowest BCUT2D eigenvalue weighted by Crippen LogP contribution is -2.52. The molecule has 7 nitrogen and oxygen atoms in total. The number of nitrogens with zero attached hydrogens (tertiary/aromatic N) is 3. The lowest BCUT2D eigenvalue weighted by molar-refractivity contribution is -0.132. The number of rotatable bonds is 3. The number of nitrogens with one attached hydrogen (secondary N) is 1. The molecular weight excluding hydrogens is 294 g/mol. The third-order valence-electron chi connectivity index (χ3n) is 4.38. The zero-order valence-electron chi connectivity index (χ0n) is 13.2. The topological polar surface area (TPSA) is 95.3 Å². The van der Waals surface area contributed by atoms with Crippen molar-refractivity contribution in [1.82, 2.24) is 20.0 Å². The van der Waals surface area contributed by atoms with E-state index in [0.29, 0.717) is 39.0 Å². The molecule has 0 unspecified atom stereocenters. The molecule has 3 amide bonds. The monoisotopic (exact) mass is 315 g/mol. The van der Waals surface area contributed by atoms with Gasteiger partial charge in [-0.05, 0) is 30.5 Å². The molecular formula is C16H21N5O2. The number of nitrogens with two attached hydrogens (primary N) is 1. The number of carbonyl (C=O) groups excluding carboxylic acids is 2. The van der Waals surface area contributed by atoms with Crippen LogP contribution in [-0.4, -0.2) is 58.1 Å². The van der Waals surface area contributed by atoms with E-state index in [9.17, 15) is 9.59 Å². The average molecular weight is 315 g/mol. The summed E-state index contributed by atoms with van der Waals surface area (Å²) in [6.45, 7) is 4.18. The maximum absolute atomic E-state index is 12.3. The fraction of sp³-hybridized carbons (Fsp3) is 0.438. The average Bonchev–Trinajstić information content (AvgIpc) is 3.02. The van der Waals surface area contributed by atoms with Crippen LogP contribution in [0.15, 0.2) is 18.3 Å². The van der Waals surface area contributed by atoms with Crippen LogP contribution in [0, 0.1) is 6.92 Å². The molecule has 3 rings (SSSR count). The summed E-state index contributed by atoms with van der Waals surface area (Å²) in [5.41, 5.74) is 8.57. The normalized spacial score (nSPS) is 15.2. The molecule has 1 saturated heterocycles. The quantitative estimate of drug-likeness (QED) is 0.885. The fourth-order valence-electron chi connectivity index (χ4n) is 3.04. The lowest BCUT2D eigenvalue weighted by atomic mass is 10.0. The van der Waals surface area contributed by atoms with Crippen LogP contribution in [0.5, 0.6) is 0 Å². The van der Waals surface area contributed by atoms with E-state index >= 15 is 0 Å². The van der Waals surface area contributed by atoms with Gasteiger partial charge >= 0.3 is 6.03 Å². The van der Waals surface area contributed by atoms with Crippen molar-refractivity contribution >= 4 is 22.8 Å². The molecule has 1 aromatic carbocycles. The van der Waals surface area contributed by atoms with E-state index in [4.69, 9.17) is 5.73 Å². The van der Waals surface area contributed by atoms with E-state index in [0.717, 1.165) is 22.0 Å². The van der Waals surface area contributed by atoms with Crippen LogP contribution < -0.4 is 5.73 Å². The summed E-state index contributed by atoms with van der Waals surface area (Å²) in [5, 5.41) is 8.10. The number of aromatic nitrogens is 2. The number of amides is 3. The van der Waals surface area contributed by atoms with Gasteiger partial charge in [-0.3, -0.25) is 9.89 Å². The minimum absolute atomic E-state index is 0.124. The van der Waals surface area contributed by atoms with Gasteiger partial charge in [-0.25, -0.2) is 4.79 Å². The number of benzene rings is 1. The van der Waals surface area contributed by atoms with Crippen LogP contribution in [-0.2, 0) is 11.2 Å². The molecule has 7 heteroatoms. The molecule has 0 spiro atoms. The number of H-pyrrole nitrogens is 1. The number of hydrogen-bond acceptors (Lipinski definition) is 3. The molecule has 1 aliphatic rings. The summed E-state index contributed by atoms with van der Waals surface area (Å²) < 4.78 is 0. The van der Waals surface area contributed by atoms with Crippen LogP contribution in [0.4, 0.5) is 4.79 Å². The Hall–Kier alpha value is -2.57. The molecule has 2 aromatic rings. The first-order valence-electron chi connectivity index (χ1n) is 7.79. The molecule has 3 N–H and O–H groups in total. The zero-order chi connectivity index (χ0) is 16.4. The number of fused-ring (bicyclic) bond motifs is 1. The Morgan fingerprint density at radius 1 is 1.22 bits per heavy atom. The van der Waals surface area contributed by atoms with Crippen LogP contribution in [0.1, 0.15) is 17.5 Å². The second-order valence-corrected chi connectivity index (χ2v) is 5.95. The molecule has 0 bridgehead atoms. The van der Waals surface area contributed by atoms with Crippen molar-refractivity contribution in [2.75, 3.05) is 26.2 Å². The van der Waals surface area contributed by atoms with Gasteiger partial charge in [-0.2, -0.15) is 5.10 Å². The zero-order valence-corrected chi connectivity index (χ0v) is 13.2. The third kappa shape index (κ3) is 3.28. The number of primary amides is 1. The van der Waals surface area contributed by atoms with Gasteiger partial charge in [0.1, 0.15) is 0 Å². The summed E-state index contributed by atoms with van der Waals surface area (Å²) in [6, 6.07) is 3.75. The standard InChI is InChI=1S/C16H21N5O2/c1-11-8-12(9-13-10-18-19-15(11)13)2-3-14(22)20-4-6-21(7-5-20)16(17)23/h8-10H,2-7H2,1H3,(H2,17,23)(H,18,19). The molecule has 1 fully saturated rings. The highest BCUT2D eigenvalue weighted by atomic mass is 16.2. The van der Waals surface area contributed by atoms with Crippen LogP contribution in [0.2, 0.25) is 0 Å². The van der Waals surface area contributed by atoms with E-state index in [1.165, 1.54) is 0 Å². The SMILES string of the molecule is Cc1cc(CCC(=O)N2CCN(C(N)=O)CC2)cc2cn[nH]c12. The van der Waals surface area contributed by atoms with Gasteiger partial charge in [0.05, 0.1) is 11.7 Å². The predicted octanol–water partition coefficient (Wildman–Crippen LogP) is 1.03. The van der Waals surface area contributed by atoms with E-state index in [1.807, 2.05) is 11.8 Å². The Kier molecular flexibility index (Phi) is 4.18. The molecule has 0 saturated carbocycles. The van der Waals surface area contributed by atoms with Gasteiger partial charge in [0, 0.05) is 38.0 Å². The van der Waals surface area contributed by atoms with Gasteiger partial charge in [0.15, 0.2) is 0 Å². The molecule has 23 heavy (non-hydrogen) atoms. The second kappa shape index (κ2) is 6.28. The Morgan fingerprint density at radius 2 is 1.91 bits per heavy atom. The van der Waals surface area contributed by atoms with Crippen molar-refractivity contribution in [3.8, 4) is 0 Å². The number of carbonyl (C=O) groups is 2. The van der Waals surface area contributed by atoms with E-state index in [2.05, 4.69) is 22.3 Å². The molecule has 1 aromatic heterocycles. The molecule has 0 radical (unpaired) electrons. The second-order valence-electron chi connectivity index (χ2n) is 5.95. The minimum Gasteiger partial charge on any atom is -0.351 e. The highest BCUT2D eigenvalue weighted by molar-refractivity contribution is 5.82. The summed E-state index contributed by atoms with van der Waals surface area (Å²) in [6.07, 6.45) is 2.98. The maximum atomic E-state index is 12.3. The smallest absolute Gasteiger partial charge is 0.314 e. The van der Waals surface area contributed by atoms with Gasteiger partial charge < -0.3 is 15.5 Å². The van der Waals surface area contributed by atoms with Crippen molar-refractivity contribution < 1.29 is 9.59 Å². The number of urea groups is 1. The van der Waals surface area contributed by atoms with Crippen molar-refractivity contribution in [2.45, 2.75) is 19.8 Å². The van der Waals surface area contributed by atoms with Gasteiger partial charge in [0.25, 0.3) is 0 Å². The Bertz CT molecular complexity index is 731. The number of aryl methyl sites for hydroxylation is 2. The highest BCUT2D eigenvalue weighted by Crippen LogP contribution is 2.19.